The third-order valence-electron chi connectivity index (χ3n) is 5.18. The lowest BCUT2D eigenvalue weighted by atomic mass is 10.1. The molecule has 3 aromatic rings. The molecule has 1 aromatic carbocycles. The molecule has 6 nitrogen and oxygen atoms in total. The first kappa shape index (κ1) is 19.5. The third-order valence-corrected chi connectivity index (χ3v) is 6.11. The zero-order valence-corrected chi connectivity index (χ0v) is 17.6. The van der Waals surface area contributed by atoms with Crippen molar-refractivity contribution in [1.82, 2.24) is 20.2 Å². The SMILES string of the molecule is CCNC(=NCc1ccccc1-n1ccnc1)NC1CCN(c2cccs2)CC1. The molecule has 0 saturated carbocycles. The van der Waals surface area contributed by atoms with Gasteiger partial charge in [-0.05, 0) is 48.9 Å². The predicted octanol–water partition coefficient (Wildman–Crippen LogP) is 3.66. The van der Waals surface area contributed by atoms with Gasteiger partial charge in [-0.3, -0.25) is 0 Å². The van der Waals surface area contributed by atoms with E-state index in [0.717, 1.165) is 44.1 Å². The number of guanidine groups is 1. The summed E-state index contributed by atoms with van der Waals surface area (Å²) in [5.74, 6) is 0.891. The van der Waals surface area contributed by atoms with Gasteiger partial charge in [0.05, 0.1) is 23.6 Å². The van der Waals surface area contributed by atoms with Crippen molar-refractivity contribution >= 4 is 22.3 Å². The summed E-state index contributed by atoms with van der Waals surface area (Å²) in [5.41, 5.74) is 2.30. The van der Waals surface area contributed by atoms with Crippen LogP contribution in [0.2, 0.25) is 0 Å². The minimum atomic E-state index is 0.452. The van der Waals surface area contributed by atoms with Crippen LogP contribution in [-0.2, 0) is 6.54 Å². The lowest BCUT2D eigenvalue weighted by Gasteiger charge is -2.33. The number of benzene rings is 1. The Hall–Kier alpha value is -2.80. The third kappa shape index (κ3) is 4.98. The van der Waals surface area contributed by atoms with Crippen LogP contribution in [0.25, 0.3) is 5.69 Å². The molecular weight excluding hydrogens is 380 g/mol. The molecular formula is C22H28N6S. The number of aliphatic imine (C=N–C) groups is 1. The van der Waals surface area contributed by atoms with Crippen molar-refractivity contribution in [3.8, 4) is 5.69 Å². The number of hydrogen-bond donors (Lipinski definition) is 2. The molecule has 29 heavy (non-hydrogen) atoms. The van der Waals surface area contributed by atoms with E-state index in [4.69, 9.17) is 4.99 Å². The summed E-state index contributed by atoms with van der Waals surface area (Å²) in [7, 11) is 0. The van der Waals surface area contributed by atoms with Crippen molar-refractivity contribution in [2.45, 2.75) is 32.4 Å². The second kappa shape index (κ2) is 9.60. The van der Waals surface area contributed by atoms with Gasteiger partial charge in [0, 0.05) is 38.1 Å². The fourth-order valence-corrected chi connectivity index (χ4v) is 4.46. The van der Waals surface area contributed by atoms with Gasteiger partial charge < -0.3 is 20.1 Å². The van der Waals surface area contributed by atoms with E-state index >= 15 is 0 Å². The number of piperidine rings is 1. The molecule has 0 spiro atoms. The van der Waals surface area contributed by atoms with Crippen molar-refractivity contribution in [3.05, 3.63) is 66.1 Å². The lowest BCUT2D eigenvalue weighted by Crippen LogP contribution is -2.48. The van der Waals surface area contributed by atoms with E-state index in [1.807, 2.05) is 34.5 Å². The Bertz CT molecular complexity index is 895. The molecule has 1 aliphatic rings. The normalized spacial score (nSPS) is 15.5. The van der Waals surface area contributed by atoms with Gasteiger partial charge in [-0.25, -0.2) is 9.98 Å². The van der Waals surface area contributed by atoms with Crippen LogP contribution in [0.5, 0.6) is 0 Å². The monoisotopic (exact) mass is 408 g/mol. The van der Waals surface area contributed by atoms with E-state index in [0.29, 0.717) is 12.6 Å². The van der Waals surface area contributed by atoms with Crippen molar-refractivity contribution in [2.24, 2.45) is 4.99 Å². The van der Waals surface area contributed by atoms with Crippen LogP contribution < -0.4 is 15.5 Å². The first-order chi connectivity index (χ1) is 14.3. The quantitative estimate of drug-likeness (QED) is 0.483. The number of rotatable bonds is 6. The largest absolute Gasteiger partial charge is 0.363 e. The average Bonchev–Trinajstić information content (AvgIpc) is 3.47. The standard InChI is InChI=1S/C22H28N6S/c1-2-24-22(26-19-9-12-27(13-10-19)21-8-5-15-29-21)25-16-18-6-3-4-7-20(18)28-14-11-23-17-28/h3-8,11,14-15,17,19H,2,9-10,12-13,16H2,1H3,(H2,24,25,26). The molecule has 2 N–H and O–H groups in total. The van der Waals surface area contributed by atoms with Crippen LogP contribution in [0.3, 0.4) is 0 Å². The zero-order valence-electron chi connectivity index (χ0n) is 16.8. The number of para-hydroxylation sites is 1. The summed E-state index contributed by atoms with van der Waals surface area (Å²) >= 11 is 1.82. The molecule has 0 aliphatic carbocycles. The molecule has 2 aromatic heterocycles. The van der Waals surface area contributed by atoms with E-state index < -0.39 is 0 Å². The Labute approximate surface area is 176 Å². The molecule has 0 bridgehead atoms. The first-order valence-corrected chi connectivity index (χ1v) is 11.1. The highest BCUT2D eigenvalue weighted by atomic mass is 32.1. The van der Waals surface area contributed by atoms with Gasteiger partial charge in [0.2, 0.25) is 0 Å². The van der Waals surface area contributed by atoms with E-state index in [-0.39, 0.29) is 0 Å². The summed E-state index contributed by atoms with van der Waals surface area (Å²) in [6, 6.07) is 13.1. The number of aromatic nitrogens is 2. The molecule has 0 amide bonds. The Morgan fingerprint density at radius 2 is 2.07 bits per heavy atom. The molecule has 1 aliphatic heterocycles. The highest BCUT2D eigenvalue weighted by molar-refractivity contribution is 7.14. The van der Waals surface area contributed by atoms with Gasteiger partial charge in [-0.15, -0.1) is 11.3 Å². The fraction of sp³-hybridized carbons (Fsp3) is 0.364. The summed E-state index contributed by atoms with van der Waals surface area (Å²) in [6.45, 7) is 5.75. The number of imidazole rings is 1. The first-order valence-electron chi connectivity index (χ1n) is 10.2. The summed E-state index contributed by atoms with van der Waals surface area (Å²) in [5, 5.41) is 10.6. The van der Waals surface area contributed by atoms with E-state index in [9.17, 15) is 0 Å². The number of thiophene rings is 1. The Morgan fingerprint density at radius 1 is 1.21 bits per heavy atom. The van der Waals surface area contributed by atoms with E-state index in [1.54, 1.807) is 6.20 Å². The number of anilines is 1. The Kier molecular flexibility index (Phi) is 6.46. The van der Waals surface area contributed by atoms with Crippen molar-refractivity contribution in [3.63, 3.8) is 0 Å². The van der Waals surface area contributed by atoms with Gasteiger partial charge >= 0.3 is 0 Å². The van der Waals surface area contributed by atoms with Gasteiger partial charge in [-0.2, -0.15) is 0 Å². The lowest BCUT2D eigenvalue weighted by molar-refractivity contribution is 0.463. The van der Waals surface area contributed by atoms with Gasteiger partial charge in [-0.1, -0.05) is 18.2 Å². The van der Waals surface area contributed by atoms with Crippen LogP contribution in [-0.4, -0.2) is 41.2 Å². The van der Waals surface area contributed by atoms with Gasteiger partial charge in [0.15, 0.2) is 5.96 Å². The molecule has 0 radical (unpaired) electrons. The molecule has 152 valence electrons. The highest BCUT2D eigenvalue weighted by Gasteiger charge is 2.20. The molecule has 1 fully saturated rings. The van der Waals surface area contributed by atoms with E-state index in [1.165, 1.54) is 10.6 Å². The molecule has 0 unspecified atom stereocenters. The molecule has 3 heterocycles. The highest BCUT2D eigenvalue weighted by Crippen LogP contribution is 2.24. The molecule has 7 heteroatoms. The maximum absolute atomic E-state index is 4.87. The number of hydrogen-bond acceptors (Lipinski definition) is 4. The molecule has 0 atom stereocenters. The Morgan fingerprint density at radius 3 is 2.79 bits per heavy atom. The smallest absolute Gasteiger partial charge is 0.191 e. The maximum atomic E-state index is 4.87. The predicted molar refractivity (Wildman–Crippen MR) is 121 cm³/mol. The van der Waals surface area contributed by atoms with E-state index in [2.05, 4.69) is 63.2 Å². The second-order valence-corrected chi connectivity index (χ2v) is 8.08. The number of nitrogens with zero attached hydrogens (tertiary/aromatic N) is 4. The van der Waals surface area contributed by atoms with Crippen LogP contribution in [0.1, 0.15) is 25.3 Å². The van der Waals surface area contributed by atoms with Crippen molar-refractivity contribution in [2.75, 3.05) is 24.5 Å². The number of nitrogens with one attached hydrogen (secondary N) is 2. The minimum absolute atomic E-state index is 0.452. The molecule has 4 rings (SSSR count). The second-order valence-electron chi connectivity index (χ2n) is 7.15. The zero-order chi connectivity index (χ0) is 19.9. The van der Waals surface area contributed by atoms with Crippen LogP contribution >= 0.6 is 11.3 Å². The summed E-state index contributed by atoms with van der Waals surface area (Å²) < 4.78 is 2.03. The minimum Gasteiger partial charge on any atom is -0.363 e. The van der Waals surface area contributed by atoms with Crippen molar-refractivity contribution < 1.29 is 0 Å². The van der Waals surface area contributed by atoms with Gasteiger partial charge in [0.1, 0.15) is 0 Å². The fourth-order valence-electron chi connectivity index (χ4n) is 3.67. The van der Waals surface area contributed by atoms with Crippen LogP contribution in [0.4, 0.5) is 5.00 Å². The average molecular weight is 409 g/mol. The van der Waals surface area contributed by atoms with Crippen LogP contribution in [0.15, 0.2) is 65.5 Å². The maximum Gasteiger partial charge on any atom is 0.191 e. The Balaban J connectivity index is 1.39. The summed E-state index contributed by atoms with van der Waals surface area (Å²) in [6.07, 6.45) is 7.83. The molecule has 1 saturated heterocycles. The van der Waals surface area contributed by atoms with Crippen molar-refractivity contribution in [1.29, 1.82) is 0 Å². The summed E-state index contributed by atoms with van der Waals surface area (Å²) in [4.78, 5) is 11.5. The van der Waals surface area contributed by atoms with Crippen LogP contribution in [0, 0.1) is 0 Å². The topological polar surface area (TPSA) is 57.5 Å². The van der Waals surface area contributed by atoms with Gasteiger partial charge in [0.25, 0.3) is 0 Å².